The molecule has 3 heterocycles. The molecule has 7 heteroatoms. The Morgan fingerprint density at radius 1 is 1.03 bits per heavy atom. The highest BCUT2D eigenvalue weighted by Crippen LogP contribution is 2.31. The van der Waals surface area contributed by atoms with Crippen molar-refractivity contribution in [3.63, 3.8) is 0 Å². The third-order valence-electron chi connectivity index (χ3n) is 6.79. The van der Waals surface area contributed by atoms with E-state index in [9.17, 15) is 9.59 Å². The first-order valence-corrected chi connectivity index (χ1v) is 12.6. The number of nitrogens with one attached hydrogen (secondary N) is 1. The number of carbonyl (C=O) groups excluding carboxylic acids is 1. The van der Waals surface area contributed by atoms with Gasteiger partial charge < -0.3 is 9.88 Å². The number of thiazole rings is 1. The smallest absolute Gasteiger partial charge is 0.271 e. The second-order valence-electron chi connectivity index (χ2n) is 9.20. The van der Waals surface area contributed by atoms with Crippen LogP contribution in [-0.4, -0.2) is 15.0 Å². The predicted octanol–water partition coefficient (Wildman–Crippen LogP) is 4.14. The number of amides is 1. The van der Waals surface area contributed by atoms with Crippen molar-refractivity contribution in [3.8, 4) is 0 Å². The fourth-order valence-corrected chi connectivity index (χ4v) is 5.61. The van der Waals surface area contributed by atoms with Gasteiger partial charge in [-0.2, -0.15) is 0 Å². The summed E-state index contributed by atoms with van der Waals surface area (Å²) in [6, 6.07) is 18.8. The summed E-state index contributed by atoms with van der Waals surface area (Å²) >= 11 is 1.36. The van der Waals surface area contributed by atoms with Gasteiger partial charge in [0.2, 0.25) is 0 Å². The first kappa shape index (κ1) is 23.8. The lowest BCUT2D eigenvalue weighted by Gasteiger charge is -2.25. The number of aromatic nitrogens is 2. The SMILES string of the molecule is CC1=C(C(=O)Nc2ccccc2)[C@H](c2ccc(C)cc2)n2c(s/c(=C/c3cc(C)n(C)c3C)c2=O)=N1. The Hall–Kier alpha value is -3.97. The van der Waals surface area contributed by atoms with Crippen LogP contribution >= 0.6 is 11.3 Å². The number of hydrogen-bond acceptors (Lipinski definition) is 4. The Balaban J connectivity index is 1.69. The molecule has 5 rings (SSSR count). The van der Waals surface area contributed by atoms with Gasteiger partial charge in [-0.3, -0.25) is 14.2 Å². The zero-order valence-electron chi connectivity index (χ0n) is 21.0. The average molecular weight is 497 g/mol. The van der Waals surface area contributed by atoms with Crippen LogP contribution in [0, 0.1) is 20.8 Å². The average Bonchev–Trinajstić information content (AvgIpc) is 3.29. The molecule has 182 valence electrons. The molecule has 2 aromatic carbocycles. The number of aryl methyl sites for hydroxylation is 2. The number of para-hydroxylation sites is 1. The van der Waals surface area contributed by atoms with Crippen LogP contribution in [-0.2, 0) is 11.8 Å². The minimum atomic E-state index is -0.577. The van der Waals surface area contributed by atoms with E-state index < -0.39 is 6.04 Å². The maximum absolute atomic E-state index is 13.8. The second kappa shape index (κ2) is 9.24. The zero-order valence-corrected chi connectivity index (χ0v) is 21.8. The third-order valence-corrected chi connectivity index (χ3v) is 7.77. The van der Waals surface area contributed by atoms with E-state index in [-0.39, 0.29) is 11.5 Å². The molecule has 0 radical (unpaired) electrons. The van der Waals surface area contributed by atoms with Crippen LogP contribution in [0.15, 0.2) is 81.7 Å². The summed E-state index contributed by atoms with van der Waals surface area (Å²) < 4.78 is 4.37. The molecule has 36 heavy (non-hydrogen) atoms. The van der Waals surface area contributed by atoms with E-state index in [2.05, 4.69) is 16.0 Å². The molecule has 0 saturated carbocycles. The van der Waals surface area contributed by atoms with E-state index in [1.807, 2.05) is 95.4 Å². The van der Waals surface area contributed by atoms with Crippen molar-refractivity contribution < 1.29 is 4.79 Å². The quantitative estimate of drug-likeness (QED) is 0.462. The highest BCUT2D eigenvalue weighted by Gasteiger charge is 2.32. The number of nitrogens with zero attached hydrogens (tertiary/aromatic N) is 3. The Morgan fingerprint density at radius 2 is 1.72 bits per heavy atom. The Bertz CT molecular complexity index is 1690. The number of allylic oxidation sites excluding steroid dienone is 1. The van der Waals surface area contributed by atoms with Crippen molar-refractivity contribution in [2.45, 2.75) is 33.7 Å². The summed E-state index contributed by atoms with van der Waals surface area (Å²) in [6.45, 7) is 7.94. The second-order valence-corrected chi connectivity index (χ2v) is 10.2. The van der Waals surface area contributed by atoms with E-state index in [1.165, 1.54) is 11.3 Å². The van der Waals surface area contributed by atoms with E-state index in [1.54, 1.807) is 4.57 Å². The number of anilines is 1. The van der Waals surface area contributed by atoms with Crippen molar-refractivity contribution >= 4 is 29.0 Å². The lowest BCUT2D eigenvalue weighted by atomic mass is 9.94. The maximum Gasteiger partial charge on any atom is 0.271 e. The van der Waals surface area contributed by atoms with Crippen molar-refractivity contribution in [2.24, 2.45) is 12.0 Å². The number of hydrogen-bond donors (Lipinski definition) is 1. The maximum atomic E-state index is 13.8. The summed E-state index contributed by atoms with van der Waals surface area (Å²) in [7, 11) is 2.02. The minimum absolute atomic E-state index is 0.150. The summed E-state index contributed by atoms with van der Waals surface area (Å²) in [6.07, 6.45) is 1.93. The van der Waals surface area contributed by atoms with Gasteiger partial charge >= 0.3 is 0 Å². The van der Waals surface area contributed by atoms with Gasteiger partial charge in [-0.25, -0.2) is 4.99 Å². The van der Waals surface area contributed by atoms with Crippen molar-refractivity contribution in [2.75, 3.05) is 5.32 Å². The van der Waals surface area contributed by atoms with E-state index in [4.69, 9.17) is 4.99 Å². The molecule has 1 aliphatic rings. The standard InChI is InChI=1S/C29H28N4O2S/c1-17-11-13-21(14-12-17)26-25(27(34)31-23-9-7-6-8-10-23)19(3)30-29-33(26)28(35)24(36-29)16-22-15-18(2)32(5)20(22)4/h6-16,26H,1-5H3,(H,31,34)/b24-16+/t26-/m0/s1. The fourth-order valence-electron chi connectivity index (χ4n) is 4.57. The molecule has 2 aromatic heterocycles. The van der Waals surface area contributed by atoms with E-state index >= 15 is 0 Å². The normalized spacial score (nSPS) is 15.6. The molecule has 1 amide bonds. The van der Waals surface area contributed by atoms with Crippen molar-refractivity contribution in [1.29, 1.82) is 0 Å². The molecule has 4 aromatic rings. The fraction of sp³-hybridized carbons (Fsp3) is 0.207. The number of fused-ring (bicyclic) bond motifs is 1. The Labute approximate surface area is 213 Å². The largest absolute Gasteiger partial charge is 0.352 e. The molecular weight excluding hydrogens is 468 g/mol. The van der Waals surface area contributed by atoms with Crippen LogP contribution < -0.4 is 20.2 Å². The summed E-state index contributed by atoms with van der Waals surface area (Å²) in [5, 5.41) is 2.99. The molecule has 1 aliphatic heterocycles. The van der Waals surface area contributed by atoms with Gasteiger partial charge in [-0.05, 0) is 63.1 Å². The Kier molecular flexibility index (Phi) is 6.10. The zero-order chi connectivity index (χ0) is 25.6. The van der Waals surface area contributed by atoms with Crippen LogP contribution in [0.25, 0.3) is 6.08 Å². The predicted molar refractivity (Wildman–Crippen MR) is 145 cm³/mol. The van der Waals surface area contributed by atoms with Gasteiger partial charge in [-0.15, -0.1) is 0 Å². The Morgan fingerprint density at radius 3 is 2.36 bits per heavy atom. The van der Waals surface area contributed by atoms with Gasteiger partial charge in [0, 0.05) is 24.1 Å². The topological polar surface area (TPSA) is 68.4 Å². The minimum Gasteiger partial charge on any atom is -0.352 e. The van der Waals surface area contributed by atoms with Gasteiger partial charge in [0.25, 0.3) is 11.5 Å². The summed E-state index contributed by atoms with van der Waals surface area (Å²) in [4.78, 5) is 32.7. The van der Waals surface area contributed by atoms with Crippen LogP contribution in [0.5, 0.6) is 0 Å². The molecule has 1 atom stereocenters. The highest BCUT2D eigenvalue weighted by atomic mass is 32.1. The van der Waals surface area contributed by atoms with Crippen LogP contribution in [0.2, 0.25) is 0 Å². The van der Waals surface area contributed by atoms with Gasteiger partial charge in [0.15, 0.2) is 4.80 Å². The molecule has 0 spiro atoms. The molecule has 1 N–H and O–H groups in total. The van der Waals surface area contributed by atoms with Gasteiger partial charge in [0.1, 0.15) is 0 Å². The van der Waals surface area contributed by atoms with E-state index in [0.29, 0.717) is 26.3 Å². The molecule has 6 nitrogen and oxygen atoms in total. The molecule has 0 unspecified atom stereocenters. The van der Waals surface area contributed by atoms with Gasteiger partial charge in [0.05, 0.1) is 21.8 Å². The number of rotatable bonds is 4. The molecule has 0 bridgehead atoms. The van der Waals surface area contributed by atoms with Crippen LogP contribution in [0.1, 0.15) is 41.0 Å². The number of carbonyl (C=O) groups is 1. The lowest BCUT2D eigenvalue weighted by molar-refractivity contribution is -0.113. The highest BCUT2D eigenvalue weighted by molar-refractivity contribution is 7.07. The first-order chi connectivity index (χ1) is 17.2. The number of benzene rings is 2. The summed E-state index contributed by atoms with van der Waals surface area (Å²) in [5.41, 5.74) is 6.81. The van der Waals surface area contributed by atoms with E-state index in [0.717, 1.165) is 28.1 Å². The van der Waals surface area contributed by atoms with Gasteiger partial charge in [-0.1, -0.05) is 59.4 Å². The van der Waals surface area contributed by atoms with Crippen molar-refractivity contribution in [3.05, 3.63) is 120 Å². The van der Waals surface area contributed by atoms with Crippen LogP contribution in [0.4, 0.5) is 5.69 Å². The molecule has 0 fully saturated rings. The third kappa shape index (κ3) is 4.16. The molecule has 0 saturated heterocycles. The first-order valence-electron chi connectivity index (χ1n) is 11.8. The van der Waals surface area contributed by atoms with Crippen molar-refractivity contribution in [1.82, 2.24) is 9.13 Å². The molecular formula is C29H28N4O2S. The monoisotopic (exact) mass is 496 g/mol. The lowest BCUT2D eigenvalue weighted by Crippen LogP contribution is -2.40. The summed E-state index contributed by atoms with van der Waals surface area (Å²) in [5.74, 6) is -0.267. The molecule has 0 aliphatic carbocycles. The van der Waals surface area contributed by atoms with Crippen LogP contribution in [0.3, 0.4) is 0 Å².